The van der Waals surface area contributed by atoms with E-state index in [1.54, 1.807) is 23.6 Å². The van der Waals surface area contributed by atoms with E-state index in [1.165, 1.54) is 0 Å². The number of thiophene rings is 1. The summed E-state index contributed by atoms with van der Waals surface area (Å²) in [6, 6.07) is 5.87. The average molecular weight is 357 g/mol. The lowest BCUT2D eigenvalue weighted by Crippen LogP contribution is -2.27. The highest BCUT2D eigenvalue weighted by molar-refractivity contribution is 7.10. The largest absolute Gasteiger partial charge is 0.343 e. The molecule has 0 saturated heterocycles. The summed E-state index contributed by atoms with van der Waals surface area (Å²) in [5.41, 5.74) is 1.30. The summed E-state index contributed by atoms with van der Waals surface area (Å²) in [4.78, 5) is 18.0. The normalized spacial score (nSPS) is 12.5. The predicted octanol–water partition coefficient (Wildman–Crippen LogP) is 3.72. The van der Waals surface area contributed by atoms with Gasteiger partial charge in [-0.2, -0.15) is 5.10 Å². The summed E-state index contributed by atoms with van der Waals surface area (Å²) < 4.78 is 2.07. The lowest BCUT2D eigenvalue weighted by Gasteiger charge is -2.14. The molecule has 0 fully saturated rings. The van der Waals surface area contributed by atoms with Gasteiger partial charge in [-0.05, 0) is 23.9 Å². The molecule has 25 heavy (non-hydrogen) atoms. The first-order valence-corrected chi connectivity index (χ1v) is 9.36. The molecule has 3 aromatic heterocycles. The van der Waals surface area contributed by atoms with Crippen molar-refractivity contribution in [3.05, 3.63) is 58.1 Å². The smallest absolute Gasteiger partial charge is 0.272 e. The molecule has 7 heteroatoms. The van der Waals surface area contributed by atoms with Crippen LogP contribution in [0, 0.1) is 0 Å². The van der Waals surface area contributed by atoms with Gasteiger partial charge in [-0.15, -0.1) is 11.3 Å². The molecule has 0 aliphatic rings. The summed E-state index contributed by atoms with van der Waals surface area (Å²) in [6.45, 7) is 6.91. The molecule has 1 atom stereocenters. The molecule has 0 aliphatic heterocycles. The van der Waals surface area contributed by atoms with Gasteiger partial charge in [0.1, 0.15) is 11.5 Å². The maximum Gasteiger partial charge on any atom is 0.272 e. The van der Waals surface area contributed by atoms with Crippen molar-refractivity contribution >= 4 is 17.2 Å². The molecular formula is C18H23N5OS. The maximum absolute atomic E-state index is 12.5. The Balaban J connectivity index is 1.68. The highest BCUT2D eigenvalue weighted by Gasteiger charge is 2.17. The molecule has 1 amide bonds. The van der Waals surface area contributed by atoms with E-state index in [2.05, 4.69) is 45.8 Å². The zero-order valence-corrected chi connectivity index (χ0v) is 15.5. The number of aromatic nitrogens is 4. The third kappa shape index (κ3) is 3.99. The number of rotatable bonds is 7. The third-order valence-electron chi connectivity index (χ3n) is 4.07. The Bertz CT molecular complexity index is 818. The number of H-pyrrole nitrogens is 1. The van der Waals surface area contributed by atoms with Crippen molar-refractivity contribution in [2.45, 2.75) is 45.7 Å². The standard InChI is InChI=1S/C18H23N5OS/c1-4-14(16-6-5-9-25-16)20-18(24)15-10-13(21-22-15)11-23-8-7-19-17(23)12(2)3/h5-10,12,14H,4,11H2,1-3H3,(H,20,24)(H,21,22). The average Bonchev–Trinajstić information content (AvgIpc) is 3.33. The summed E-state index contributed by atoms with van der Waals surface area (Å²) >= 11 is 1.65. The van der Waals surface area contributed by atoms with Crippen molar-refractivity contribution in [2.24, 2.45) is 0 Å². The summed E-state index contributed by atoms with van der Waals surface area (Å²) in [5, 5.41) is 12.2. The number of nitrogens with zero attached hydrogens (tertiary/aromatic N) is 3. The van der Waals surface area contributed by atoms with Crippen molar-refractivity contribution < 1.29 is 4.79 Å². The summed E-state index contributed by atoms with van der Waals surface area (Å²) in [5.74, 6) is 1.21. The molecule has 0 radical (unpaired) electrons. The number of nitrogens with one attached hydrogen (secondary N) is 2. The van der Waals surface area contributed by atoms with Gasteiger partial charge >= 0.3 is 0 Å². The first-order chi connectivity index (χ1) is 12.1. The topological polar surface area (TPSA) is 75.6 Å². The van der Waals surface area contributed by atoms with E-state index in [0.717, 1.165) is 22.8 Å². The molecule has 3 heterocycles. The van der Waals surface area contributed by atoms with Gasteiger partial charge in [0.25, 0.3) is 5.91 Å². The van der Waals surface area contributed by atoms with Crippen molar-refractivity contribution in [3.8, 4) is 0 Å². The molecule has 0 saturated carbocycles. The highest BCUT2D eigenvalue weighted by Crippen LogP contribution is 2.22. The van der Waals surface area contributed by atoms with Gasteiger partial charge in [0, 0.05) is 23.2 Å². The number of carbonyl (C=O) groups is 1. The first-order valence-electron chi connectivity index (χ1n) is 8.48. The van der Waals surface area contributed by atoms with Gasteiger partial charge in [-0.1, -0.05) is 26.8 Å². The van der Waals surface area contributed by atoms with Crippen molar-refractivity contribution in [3.63, 3.8) is 0 Å². The van der Waals surface area contributed by atoms with E-state index in [9.17, 15) is 4.79 Å². The van der Waals surface area contributed by atoms with Crippen LogP contribution in [0.2, 0.25) is 0 Å². The minimum atomic E-state index is -0.155. The van der Waals surface area contributed by atoms with Crippen LogP contribution in [0.4, 0.5) is 0 Å². The van der Waals surface area contributed by atoms with E-state index < -0.39 is 0 Å². The number of hydrogen-bond acceptors (Lipinski definition) is 4. The Morgan fingerprint density at radius 1 is 1.44 bits per heavy atom. The fourth-order valence-electron chi connectivity index (χ4n) is 2.79. The Morgan fingerprint density at radius 3 is 2.96 bits per heavy atom. The molecule has 0 aromatic carbocycles. The minimum Gasteiger partial charge on any atom is -0.343 e. The molecule has 0 bridgehead atoms. The third-order valence-corrected chi connectivity index (χ3v) is 5.05. The van der Waals surface area contributed by atoms with Crippen LogP contribution in [0.5, 0.6) is 0 Å². The second kappa shape index (κ2) is 7.65. The molecule has 6 nitrogen and oxygen atoms in total. The number of carbonyl (C=O) groups excluding carboxylic acids is 1. The zero-order valence-electron chi connectivity index (χ0n) is 14.7. The Kier molecular flexibility index (Phi) is 5.33. The van der Waals surface area contributed by atoms with Crippen molar-refractivity contribution in [1.82, 2.24) is 25.1 Å². The molecule has 3 aromatic rings. The Hall–Kier alpha value is -2.41. The van der Waals surface area contributed by atoms with Crippen LogP contribution >= 0.6 is 11.3 Å². The number of imidazole rings is 1. The Morgan fingerprint density at radius 2 is 2.28 bits per heavy atom. The van der Waals surface area contributed by atoms with E-state index >= 15 is 0 Å². The van der Waals surface area contributed by atoms with Crippen LogP contribution in [0.1, 0.15) is 66.0 Å². The molecule has 1 unspecified atom stereocenters. The van der Waals surface area contributed by atoms with E-state index in [0.29, 0.717) is 18.2 Å². The second-order valence-corrected chi connectivity index (χ2v) is 7.28. The van der Waals surface area contributed by atoms with Gasteiger partial charge in [-0.3, -0.25) is 9.89 Å². The van der Waals surface area contributed by atoms with Gasteiger partial charge in [0.15, 0.2) is 0 Å². The number of aromatic amines is 1. The first kappa shape index (κ1) is 17.4. The molecular weight excluding hydrogens is 334 g/mol. The lowest BCUT2D eigenvalue weighted by atomic mass is 10.2. The molecule has 2 N–H and O–H groups in total. The molecule has 0 aliphatic carbocycles. The van der Waals surface area contributed by atoms with Crippen LogP contribution in [0.25, 0.3) is 0 Å². The van der Waals surface area contributed by atoms with Crippen LogP contribution < -0.4 is 5.32 Å². The van der Waals surface area contributed by atoms with E-state index in [4.69, 9.17) is 0 Å². The summed E-state index contributed by atoms with van der Waals surface area (Å²) in [7, 11) is 0. The van der Waals surface area contributed by atoms with Gasteiger partial charge in [0.2, 0.25) is 0 Å². The van der Waals surface area contributed by atoms with E-state index in [-0.39, 0.29) is 11.9 Å². The fraction of sp³-hybridized carbons (Fsp3) is 0.389. The summed E-state index contributed by atoms with van der Waals surface area (Å²) in [6.07, 6.45) is 4.59. The van der Waals surface area contributed by atoms with E-state index in [1.807, 2.05) is 23.7 Å². The lowest BCUT2D eigenvalue weighted by molar-refractivity contribution is 0.0931. The fourth-order valence-corrected chi connectivity index (χ4v) is 3.65. The molecule has 0 spiro atoms. The molecule has 3 rings (SSSR count). The zero-order chi connectivity index (χ0) is 17.8. The van der Waals surface area contributed by atoms with Crippen LogP contribution in [0.3, 0.4) is 0 Å². The van der Waals surface area contributed by atoms with Crippen LogP contribution in [-0.2, 0) is 6.54 Å². The second-order valence-electron chi connectivity index (χ2n) is 6.30. The monoisotopic (exact) mass is 357 g/mol. The van der Waals surface area contributed by atoms with Crippen LogP contribution in [-0.4, -0.2) is 25.7 Å². The number of amides is 1. The van der Waals surface area contributed by atoms with Crippen molar-refractivity contribution in [2.75, 3.05) is 0 Å². The highest BCUT2D eigenvalue weighted by atomic mass is 32.1. The van der Waals surface area contributed by atoms with Crippen molar-refractivity contribution in [1.29, 1.82) is 0 Å². The predicted molar refractivity (Wildman–Crippen MR) is 98.8 cm³/mol. The quantitative estimate of drug-likeness (QED) is 0.677. The minimum absolute atomic E-state index is 0.0221. The van der Waals surface area contributed by atoms with Crippen LogP contribution in [0.15, 0.2) is 36.0 Å². The maximum atomic E-state index is 12.5. The molecule has 132 valence electrons. The van der Waals surface area contributed by atoms with Gasteiger partial charge in [0.05, 0.1) is 18.3 Å². The van der Waals surface area contributed by atoms with Gasteiger partial charge < -0.3 is 9.88 Å². The Labute approximate surface area is 151 Å². The van der Waals surface area contributed by atoms with Gasteiger partial charge in [-0.25, -0.2) is 4.98 Å². The SMILES string of the molecule is CCC(NC(=O)c1cc(Cn2ccnc2C(C)C)[nH]n1)c1cccs1. The number of hydrogen-bond donors (Lipinski definition) is 2.